The summed E-state index contributed by atoms with van der Waals surface area (Å²) in [6, 6.07) is 0. The first-order valence-electron chi connectivity index (χ1n) is 6.45. The van der Waals surface area contributed by atoms with E-state index in [9.17, 15) is 10.2 Å². The Labute approximate surface area is 152 Å². The second-order valence-corrected chi connectivity index (χ2v) is 7.41. The van der Waals surface area contributed by atoms with Crippen LogP contribution in [0.1, 0.15) is 30.6 Å². The zero-order valence-electron chi connectivity index (χ0n) is 11.4. The molecule has 1 aliphatic rings. The van der Waals surface area contributed by atoms with Crippen molar-refractivity contribution < 1.29 is 19.7 Å². The molecule has 0 saturated carbocycles. The SMILES string of the molecule is CCCCOC(=S)SC1c2c(Cl)c(O)c(Cl)c(Cl)c2OC1O. The molecule has 0 radical (unpaired) electrons. The van der Waals surface area contributed by atoms with Gasteiger partial charge in [0, 0.05) is 5.56 Å². The number of aliphatic hydroxyl groups is 1. The largest absolute Gasteiger partial charge is 0.505 e. The molecular weight excluding hydrogens is 391 g/mol. The molecule has 2 rings (SSSR count). The number of benzene rings is 1. The van der Waals surface area contributed by atoms with E-state index in [0.29, 0.717) is 12.2 Å². The minimum absolute atomic E-state index is 0.00136. The molecule has 2 unspecified atom stereocenters. The van der Waals surface area contributed by atoms with E-state index in [4.69, 9.17) is 56.5 Å². The van der Waals surface area contributed by atoms with E-state index < -0.39 is 11.5 Å². The Morgan fingerprint density at radius 3 is 2.64 bits per heavy atom. The van der Waals surface area contributed by atoms with Gasteiger partial charge in [0.15, 0.2) is 5.75 Å². The van der Waals surface area contributed by atoms with Crippen molar-refractivity contribution in [1.82, 2.24) is 0 Å². The number of hydrogen-bond acceptors (Lipinski definition) is 6. The first-order valence-corrected chi connectivity index (χ1v) is 8.88. The molecule has 2 N–H and O–H groups in total. The average molecular weight is 404 g/mol. The van der Waals surface area contributed by atoms with Gasteiger partial charge in [-0.3, -0.25) is 0 Å². The number of phenolic OH excluding ortho intramolecular Hbond substituents is 1. The zero-order chi connectivity index (χ0) is 16.4. The lowest BCUT2D eigenvalue weighted by molar-refractivity contribution is 0.000155. The number of phenols is 1. The molecule has 0 amide bonds. The van der Waals surface area contributed by atoms with Crippen LogP contribution in [0.25, 0.3) is 0 Å². The zero-order valence-corrected chi connectivity index (χ0v) is 15.3. The van der Waals surface area contributed by atoms with Gasteiger partial charge in [-0.15, -0.1) is 0 Å². The summed E-state index contributed by atoms with van der Waals surface area (Å²) >= 11 is 24.2. The predicted octanol–water partition coefficient (Wildman–Crippen LogP) is 4.94. The number of aliphatic hydroxyl groups excluding tert-OH is 1. The first kappa shape index (κ1) is 18.2. The van der Waals surface area contributed by atoms with Crippen LogP contribution in [0.3, 0.4) is 0 Å². The number of rotatable bonds is 4. The topological polar surface area (TPSA) is 58.9 Å². The highest BCUT2D eigenvalue weighted by Gasteiger charge is 2.40. The van der Waals surface area contributed by atoms with Gasteiger partial charge >= 0.3 is 0 Å². The number of ether oxygens (including phenoxy) is 2. The fraction of sp³-hybridized carbons (Fsp3) is 0.462. The quantitative estimate of drug-likeness (QED) is 0.422. The molecule has 122 valence electrons. The number of thioether (sulfide) groups is 1. The maximum absolute atomic E-state index is 10.1. The number of halogens is 3. The van der Waals surface area contributed by atoms with Gasteiger partial charge in [-0.1, -0.05) is 59.9 Å². The molecule has 9 heteroatoms. The van der Waals surface area contributed by atoms with E-state index in [1.807, 2.05) is 6.92 Å². The molecule has 0 aliphatic carbocycles. The van der Waals surface area contributed by atoms with Gasteiger partial charge in [-0.05, 0) is 18.6 Å². The van der Waals surface area contributed by atoms with E-state index >= 15 is 0 Å². The van der Waals surface area contributed by atoms with E-state index in [-0.39, 0.29) is 30.9 Å². The van der Waals surface area contributed by atoms with Crippen molar-refractivity contribution in [3.05, 3.63) is 20.6 Å². The molecule has 0 saturated heterocycles. The lowest BCUT2D eigenvalue weighted by atomic mass is 10.1. The summed E-state index contributed by atoms with van der Waals surface area (Å²) < 4.78 is 11.0. The van der Waals surface area contributed by atoms with Crippen LogP contribution in [0.4, 0.5) is 0 Å². The number of hydrogen-bond donors (Lipinski definition) is 2. The van der Waals surface area contributed by atoms with Gasteiger partial charge in [0.25, 0.3) is 0 Å². The molecule has 0 fully saturated rings. The van der Waals surface area contributed by atoms with E-state index in [0.717, 1.165) is 24.6 Å². The molecule has 1 aliphatic heterocycles. The molecule has 0 bridgehead atoms. The standard InChI is InChI=1S/C13H13Cl3O4S2/c1-2-3-4-19-13(21)22-11-5-6(14)9(17)7(15)8(16)10(5)20-12(11)18/h11-12,17-18H,2-4H2,1H3. The van der Waals surface area contributed by atoms with Crippen molar-refractivity contribution in [3.63, 3.8) is 0 Å². The molecule has 22 heavy (non-hydrogen) atoms. The molecule has 2 atom stereocenters. The molecule has 1 heterocycles. The normalized spacial score (nSPS) is 19.7. The predicted molar refractivity (Wildman–Crippen MR) is 93.6 cm³/mol. The third kappa shape index (κ3) is 3.52. The van der Waals surface area contributed by atoms with Crippen molar-refractivity contribution in [3.8, 4) is 11.5 Å². The second-order valence-electron chi connectivity index (χ2n) is 4.53. The third-order valence-electron chi connectivity index (χ3n) is 3.01. The van der Waals surface area contributed by atoms with Crippen LogP contribution in [-0.2, 0) is 4.74 Å². The molecule has 4 nitrogen and oxygen atoms in total. The minimum atomic E-state index is -1.22. The van der Waals surface area contributed by atoms with Crippen molar-refractivity contribution >= 4 is 63.2 Å². The second kappa shape index (κ2) is 7.64. The summed E-state index contributed by atoms with van der Waals surface area (Å²) in [6.45, 7) is 2.54. The van der Waals surface area contributed by atoms with E-state index in [1.54, 1.807) is 0 Å². The van der Waals surface area contributed by atoms with Crippen molar-refractivity contribution in [2.24, 2.45) is 0 Å². The summed E-state index contributed by atoms with van der Waals surface area (Å²) in [6.07, 6.45) is 0.642. The summed E-state index contributed by atoms with van der Waals surface area (Å²) in [5.41, 5.74) is 0.354. The summed E-state index contributed by atoms with van der Waals surface area (Å²) in [5.74, 6) is -0.205. The van der Waals surface area contributed by atoms with Crippen LogP contribution < -0.4 is 4.74 Å². The number of unbranched alkanes of at least 4 members (excludes halogenated alkanes) is 1. The third-order valence-corrected chi connectivity index (χ3v) is 5.66. The van der Waals surface area contributed by atoms with E-state index in [1.165, 1.54) is 0 Å². The summed E-state index contributed by atoms with van der Waals surface area (Å²) in [5, 5.41) is 19.2. The van der Waals surface area contributed by atoms with Gasteiger partial charge in [0.2, 0.25) is 10.7 Å². The Morgan fingerprint density at radius 1 is 1.32 bits per heavy atom. The van der Waals surface area contributed by atoms with Gasteiger partial charge < -0.3 is 19.7 Å². The average Bonchev–Trinajstić information content (AvgIpc) is 2.80. The van der Waals surface area contributed by atoms with Gasteiger partial charge in [-0.25, -0.2) is 0 Å². The van der Waals surface area contributed by atoms with Gasteiger partial charge in [0.1, 0.15) is 21.0 Å². The Kier molecular flexibility index (Phi) is 6.33. The lowest BCUT2D eigenvalue weighted by Crippen LogP contribution is -2.17. The van der Waals surface area contributed by atoms with Crippen molar-refractivity contribution in [1.29, 1.82) is 0 Å². The van der Waals surface area contributed by atoms with E-state index in [2.05, 4.69) is 0 Å². The fourth-order valence-electron chi connectivity index (χ4n) is 1.89. The fourth-order valence-corrected chi connectivity index (χ4v) is 3.99. The van der Waals surface area contributed by atoms with Crippen molar-refractivity contribution in [2.75, 3.05) is 6.61 Å². The van der Waals surface area contributed by atoms with Crippen LogP contribution in [0, 0.1) is 0 Å². The van der Waals surface area contributed by atoms with Crippen LogP contribution in [0.15, 0.2) is 0 Å². The Bertz CT molecular complexity index is 597. The highest BCUT2D eigenvalue weighted by Crippen LogP contribution is 2.56. The molecular formula is C13H13Cl3O4S2. The summed E-state index contributed by atoms with van der Waals surface area (Å²) in [4.78, 5) is 0. The van der Waals surface area contributed by atoms with Gasteiger partial charge in [0.05, 0.1) is 11.6 Å². The minimum Gasteiger partial charge on any atom is -0.505 e. The van der Waals surface area contributed by atoms with Crippen molar-refractivity contribution in [2.45, 2.75) is 31.3 Å². The van der Waals surface area contributed by atoms with Gasteiger partial charge in [-0.2, -0.15) is 0 Å². The Morgan fingerprint density at radius 2 is 2.00 bits per heavy atom. The smallest absolute Gasteiger partial charge is 0.220 e. The van der Waals surface area contributed by atoms with Crippen LogP contribution >= 0.6 is 58.8 Å². The highest BCUT2D eigenvalue weighted by molar-refractivity contribution is 8.22. The summed E-state index contributed by atoms with van der Waals surface area (Å²) in [7, 11) is 0. The van der Waals surface area contributed by atoms with Crippen LogP contribution in [0.2, 0.25) is 15.1 Å². The Balaban J connectivity index is 2.25. The molecule has 1 aromatic rings. The lowest BCUT2D eigenvalue weighted by Gasteiger charge is -2.15. The number of fused-ring (bicyclic) bond motifs is 1. The maximum atomic E-state index is 10.1. The van der Waals surface area contributed by atoms with Crippen LogP contribution in [0.5, 0.6) is 11.5 Å². The maximum Gasteiger partial charge on any atom is 0.220 e. The molecule has 1 aromatic carbocycles. The highest BCUT2D eigenvalue weighted by atomic mass is 35.5. The Hall–Kier alpha value is -0.110. The number of aromatic hydroxyl groups is 1. The monoisotopic (exact) mass is 402 g/mol. The van der Waals surface area contributed by atoms with Crippen LogP contribution in [-0.4, -0.2) is 27.5 Å². The number of thiocarbonyl (C=S) groups is 1. The molecule has 0 aromatic heterocycles. The molecule has 0 spiro atoms. The first-order chi connectivity index (χ1) is 10.4.